The topological polar surface area (TPSA) is 60.0 Å². The first-order valence-corrected chi connectivity index (χ1v) is 7.41. The van der Waals surface area contributed by atoms with Crippen LogP contribution in [0.15, 0.2) is 18.2 Å². The van der Waals surface area contributed by atoms with Crippen molar-refractivity contribution < 1.29 is 19.0 Å². The fourth-order valence-corrected chi connectivity index (χ4v) is 2.73. The molecule has 1 aromatic rings. The zero-order valence-corrected chi connectivity index (χ0v) is 13.6. The van der Waals surface area contributed by atoms with E-state index in [4.69, 9.17) is 14.2 Å². The zero-order valence-electron chi connectivity index (χ0n) is 13.6. The monoisotopic (exact) mass is 308 g/mol. The quantitative estimate of drug-likeness (QED) is 0.898. The largest absolute Gasteiger partial charge is 0.493 e. The summed E-state index contributed by atoms with van der Waals surface area (Å²) in [6, 6.07) is 5.32. The molecule has 1 saturated heterocycles. The van der Waals surface area contributed by atoms with Gasteiger partial charge in [-0.2, -0.15) is 0 Å². The second-order valence-electron chi connectivity index (χ2n) is 5.57. The highest BCUT2D eigenvalue weighted by Crippen LogP contribution is 2.29. The van der Waals surface area contributed by atoms with E-state index in [9.17, 15) is 4.79 Å². The van der Waals surface area contributed by atoms with Gasteiger partial charge >= 0.3 is 0 Å². The Morgan fingerprint density at radius 2 is 1.86 bits per heavy atom. The first-order valence-electron chi connectivity index (χ1n) is 7.41. The molecule has 1 aromatic carbocycles. The Hall–Kier alpha value is -1.79. The average molecular weight is 308 g/mol. The SMILES string of the molecule is COc1ccc(NC(=O)CN2C[C@@H](C)O[C@@H](C)C2)cc1OC. The van der Waals surface area contributed by atoms with Gasteiger partial charge in [0.25, 0.3) is 0 Å². The van der Waals surface area contributed by atoms with Gasteiger partial charge in [0.15, 0.2) is 11.5 Å². The first kappa shape index (κ1) is 16.6. The second kappa shape index (κ2) is 7.47. The number of benzene rings is 1. The van der Waals surface area contributed by atoms with Gasteiger partial charge in [-0.25, -0.2) is 0 Å². The molecule has 1 aliphatic rings. The molecule has 2 atom stereocenters. The van der Waals surface area contributed by atoms with Gasteiger partial charge < -0.3 is 19.5 Å². The summed E-state index contributed by atoms with van der Waals surface area (Å²) in [6.07, 6.45) is 0.301. The molecule has 0 bridgehead atoms. The van der Waals surface area contributed by atoms with Crippen molar-refractivity contribution in [2.24, 2.45) is 0 Å². The summed E-state index contributed by atoms with van der Waals surface area (Å²) in [5.41, 5.74) is 0.692. The minimum absolute atomic E-state index is 0.0477. The minimum Gasteiger partial charge on any atom is -0.493 e. The number of ether oxygens (including phenoxy) is 3. The van der Waals surface area contributed by atoms with Gasteiger partial charge in [-0.05, 0) is 26.0 Å². The van der Waals surface area contributed by atoms with Crippen molar-refractivity contribution in [3.05, 3.63) is 18.2 Å². The molecule has 0 spiro atoms. The van der Waals surface area contributed by atoms with Crippen molar-refractivity contribution in [2.75, 3.05) is 39.2 Å². The van der Waals surface area contributed by atoms with E-state index in [1.54, 1.807) is 32.4 Å². The van der Waals surface area contributed by atoms with Crippen LogP contribution in [0.1, 0.15) is 13.8 Å². The number of anilines is 1. The predicted octanol–water partition coefficient (Wildman–Crippen LogP) is 1.75. The fourth-order valence-electron chi connectivity index (χ4n) is 2.73. The highest BCUT2D eigenvalue weighted by atomic mass is 16.5. The molecule has 0 unspecified atom stereocenters. The summed E-state index contributed by atoms with van der Waals surface area (Å²) >= 11 is 0. The smallest absolute Gasteiger partial charge is 0.238 e. The number of nitrogens with one attached hydrogen (secondary N) is 1. The van der Waals surface area contributed by atoms with E-state index in [-0.39, 0.29) is 18.1 Å². The van der Waals surface area contributed by atoms with Gasteiger partial charge in [-0.3, -0.25) is 9.69 Å². The molecular formula is C16H24N2O4. The predicted molar refractivity (Wildman–Crippen MR) is 84.6 cm³/mol. The Balaban J connectivity index is 1.94. The van der Waals surface area contributed by atoms with Gasteiger partial charge in [0.2, 0.25) is 5.91 Å². The number of amides is 1. The van der Waals surface area contributed by atoms with E-state index in [1.807, 2.05) is 13.8 Å². The van der Waals surface area contributed by atoms with Crippen LogP contribution in [0.2, 0.25) is 0 Å². The van der Waals surface area contributed by atoms with Crippen LogP contribution in [0.3, 0.4) is 0 Å². The second-order valence-corrected chi connectivity index (χ2v) is 5.57. The normalized spacial score (nSPS) is 22.2. The van der Waals surface area contributed by atoms with Crippen molar-refractivity contribution in [2.45, 2.75) is 26.1 Å². The van der Waals surface area contributed by atoms with Crippen LogP contribution < -0.4 is 14.8 Å². The maximum atomic E-state index is 12.2. The molecule has 6 nitrogen and oxygen atoms in total. The highest BCUT2D eigenvalue weighted by molar-refractivity contribution is 5.92. The Labute approximate surface area is 131 Å². The van der Waals surface area contributed by atoms with Crippen LogP contribution in [0.4, 0.5) is 5.69 Å². The van der Waals surface area contributed by atoms with E-state index < -0.39 is 0 Å². The minimum atomic E-state index is -0.0477. The van der Waals surface area contributed by atoms with Crippen LogP contribution in [0.25, 0.3) is 0 Å². The van der Waals surface area contributed by atoms with Gasteiger partial charge in [0.1, 0.15) is 0 Å². The molecule has 22 heavy (non-hydrogen) atoms. The molecule has 6 heteroatoms. The molecule has 1 heterocycles. The van der Waals surface area contributed by atoms with E-state index in [2.05, 4.69) is 10.2 Å². The summed E-state index contributed by atoms with van der Waals surface area (Å²) in [6.45, 7) is 5.93. The fraction of sp³-hybridized carbons (Fsp3) is 0.562. The Morgan fingerprint density at radius 3 is 2.45 bits per heavy atom. The Morgan fingerprint density at radius 1 is 1.23 bits per heavy atom. The van der Waals surface area contributed by atoms with Crippen LogP contribution in [-0.4, -0.2) is 56.9 Å². The molecule has 0 radical (unpaired) electrons. The lowest BCUT2D eigenvalue weighted by atomic mass is 10.2. The van der Waals surface area contributed by atoms with Crippen molar-refractivity contribution in [1.82, 2.24) is 4.90 Å². The molecule has 1 fully saturated rings. The van der Waals surface area contributed by atoms with Gasteiger partial charge in [-0.15, -0.1) is 0 Å². The molecule has 1 aliphatic heterocycles. The number of hydrogen-bond donors (Lipinski definition) is 1. The molecule has 0 aromatic heterocycles. The van der Waals surface area contributed by atoms with Crippen LogP contribution in [0.5, 0.6) is 11.5 Å². The maximum Gasteiger partial charge on any atom is 0.238 e. The summed E-state index contributed by atoms with van der Waals surface area (Å²) in [4.78, 5) is 14.3. The molecule has 122 valence electrons. The van der Waals surface area contributed by atoms with E-state index in [1.165, 1.54) is 0 Å². The van der Waals surface area contributed by atoms with Gasteiger partial charge in [0.05, 0.1) is 33.0 Å². The maximum absolute atomic E-state index is 12.2. The standard InChI is InChI=1S/C16H24N2O4/c1-11-8-18(9-12(2)22-11)10-16(19)17-13-5-6-14(20-3)15(7-13)21-4/h5-7,11-12H,8-10H2,1-4H3,(H,17,19)/t11-,12+. The molecule has 0 aliphatic carbocycles. The molecule has 1 N–H and O–H groups in total. The summed E-state index contributed by atoms with van der Waals surface area (Å²) < 4.78 is 16.1. The van der Waals surface area contributed by atoms with E-state index in [0.29, 0.717) is 23.7 Å². The number of methoxy groups -OCH3 is 2. The molecule has 0 saturated carbocycles. The third-order valence-corrected chi connectivity index (χ3v) is 3.53. The summed E-state index contributed by atoms with van der Waals surface area (Å²) in [5.74, 6) is 1.18. The van der Waals surface area contributed by atoms with Crippen molar-refractivity contribution in [3.8, 4) is 11.5 Å². The number of nitrogens with zero attached hydrogens (tertiary/aromatic N) is 1. The Bertz CT molecular complexity index is 511. The van der Waals surface area contributed by atoms with Crippen molar-refractivity contribution >= 4 is 11.6 Å². The molecule has 1 amide bonds. The van der Waals surface area contributed by atoms with Crippen LogP contribution >= 0.6 is 0 Å². The number of rotatable bonds is 5. The third kappa shape index (κ3) is 4.35. The average Bonchev–Trinajstić information content (AvgIpc) is 2.45. The highest BCUT2D eigenvalue weighted by Gasteiger charge is 2.23. The summed E-state index contributed by atoms with van der Waals surface area (Å²) in [7, 11) is 3.15. The van der Waals surface area contributed by atoms with Crippen LogP contribution in [0, 0.1) is 0 Å². The molecular weight excluding hydrogens is 284 g/mol. The lowest BCUT2D eigenvalue weighted by Crippen LogP contribution is -2.48. The lowest BCUT2D eigenvalue weighted by molar-refractivity contribution is -0.121. The number of morpholine rings is 1. The molecule has 2 rings (SSSR count). The van der Waals surface area contributed by atoms with E-state index >= 15 is 0 Å². The van der Waals surface area contributed by atoms with Gasteiger partial charge in [-0.1, -0.05) is 0 Å². The lowest BCUT2D eigenvalue weighted by Gasteiger charge is -2.34. The van der Waals surface area contributed by atoms with Gasteiger partial charge in [0, 0.05) is 24.8 Å². The number of hydrogen-bond acceptors (Lipinski definition) is 5. The van der Waals surface area contributed by atoms with Crippen molar-refractivity contribution in [1.29, 1.82) is 0 Å². The Kier molecular flexibility index (Phi) is 5.63. The first-order chi connectivity index (χ1) is 10.5. The summed E-state index contributed by atoms with van der Waals surface area (Å²) in [5, 5.41) is 2.89. The zero-order chi connectivity index (χ0) is 16.1. The third-order valence-electron chi connectivity index (χ3n) is 3.53. The van der Waals surface area contributed by atoms with Crippen LogP contribution in [-0.2, 0) is 9.53 Å². The van der Waals surface area contributed by atoms with Crippen molar-refractivity contribution in [3.63, 3.8) is 0 Å². The number of carbonyl (C=O) groups is 1. The number of carbonyl (C=O) groups excluding carboxylic acids is 1. The van der Waals surface area contributed by atoms with E-state index in [0.717, 1.165) is 13.1 Å².